The van der Waals surface area contributed by atoms with Crippen LogP contribution in [0.5, 0.6) is 0 Å². The van der Waals surface area contributed by atoms with E-state index in [0.717, 1.165) is 0 Å². The van der Waals surface area contributed by atoms with Gasteiger partial charge in [-0.1, -0.05) is 22.9 Å². The Balaban J connectivity index is 2.87. The van der Waals surface area contributed by atoms with Gasteiger partial charge in [0.25, 0.3) is 5.56 Å². The summed E-state index contributed by atoms with van der Waals surface area (Å²) < 4.78 is 3.58. The molecular formula is C9H10Br2N4O2. The minimum Gasteiger partial charge on any atom is -0.312 e. The Morgan fingerprint density at radius 2 is 2.12 bits per heavy atom. The maximum Gasteiger partial charge on any atom is 0.329 e. The SMILES string of the molecule is C[C@@H](Br)Cn1c(Br)nc2c1c(=O)[nH]c(=O)n2C. The van der Waals surface area contributed by atoms with Crippen LogP contribution in [-0.4, -0.2) is 23.9 Å². The minimum atomic E-state index is -0.466. The van der Waals surface area contributed by atoms with E-state index < -0.39 is 11.2 Å². The van der Waals surface area contributed by atoms with E-state index in [-0.39, 0.29) is 4.83 Å². The van der Waals surface area contributed by atoms with Gasteiger partial charge in [-0.05, 0) is 15.9 Å². The van der Waals surface area contributed by atoms with E-state index in [1.165, 1.54) is 4.57 Å². The van der Waals surface area contributed by atoms with E-state index >= 15 is 0 Å². The molecule has 0 bridgehead atoms. The Morgan fingerprint density at radius 1 is 1.47 bits per heavy atom. The van der Waals surface area contributed by atoms with E-state index in [9.17, 15) is 9.59 Å². The molecule has 0 aliphatic heterocycles. The van der Waals surface area contributed by atoms with Gasteiger partial charge >= 0.3 is 5.69 Å². The van der Waals surface area contributed by atoms with Crippen molar-refractivity contribution in [1.82, 2.24) is 19.1 Å². The average Bonchev–Trinajstić information content (AvgIpc) is 2.53. The number of nitrogens with one attached hydrogen (secondary N) is 1. The van der Waals surface area contributed by atoms with Crippen LogP contribution in [-0.2, 0) is 13.6 Å². The number of aromatic amines is 1. The van der Waals surface area contributed by atoms with Crippen LogP contribution in [0, 0.1) is 0 Å². The minimum absolute atomic E-state index is 0.188. The number of halogens is 2. The first-order valence-electron chi connectivity index (χ1n) is 4.91. The normalized spacial score (nSPS) is 13.2. The molecule has 0 aliphatic carbocycles. The average molecular weight is 366 g/mol. The molecule has 0 aromatic carbocycles. The number of aromatic nitrogens is 4. The van der Waals surface area contributed by atoms with Crippen molar-refractivity contribution in [2.45, 2.75) is 18.3 Å². The molecule has 0 fully saturated rings. The predicted octanol–water partition coefficient (Wildman–Crippen LogP) is 0.969. The van der Waals surface area contributed by atoms with Crippen LogP contribution in [0.4, 0.5) is 0 Å². The van der Waals surface area contributed by atoms with E-state index in [0.29, 0.717) is 22.4 Å². The zero-order valence-corrected chi connectivity index (χ0v) is 12.4. The molecular weight excluding hydrogens is 356 g/mol. The summed E-state index contributed by atoms with van der Waals surface area (Å²) in [5.41, 5.74) is -0.120. The van der Waals surface area contributed by atoms with E-state index in [1.807, 2.05) is 6.92 Å². The number of nitrogens with zero attached hydrogens (tertiary/aromatic N) is 3. The molecule has 2 aromatic rings. The van der Waals surface area contributed by atoms with Gasteiger partial charge in [-0.15, -0.1) is 0 Å². The second-order valence-corrected chi connectivity index (χ2v) is 6.04. The first-order chi connectivity index (χ1) is 7.91. The fourth-order valence-corrected chi connectivity index (χ4v) is 2.41. The molecule has 2 rings (SSSR count). The Labute approximate surface area is 113 Å². The van der Waals surface area contributed by atoms with Gasteiger partial charge in [0.05, 0.1) is 0 Å². The number of aryl methyl sites for hydroxylation is 1. The molecule has 0 radical (unpaired) electrons. The van der Waals surface area contributed by atoms with E-state index in [1.54, 1.807) is 11.6 Å². The zero-order chi connectivity index (χ0) is 12.7. The molecule has 0 unspecified atom stereocenters. The smallest absolute Gasteiger partial charge is 0.312 e. The summed E-state index contributed by atoms with van der Waals surface area (Å²) in [5.74, 6) is 0. The molecule has 17 heavy (non-hydrogen) atoms. The highest BCUT2D eigenvalue weighted by Crippen LogP contribution is 2.17. The Bertz CT molecular complexity index is 683. The first kappa shape index (κ1) is 12.6. The Morgan fingerprint density at radius 3 is 2.71 bits per heavy atom. The third kappa shape index (κ3) is 2.11. The Hall–Kier alpha value is -0.890. The summed E-state index contributed by atoms with van der Waals surface area (Å²) >= 11 is 6.72. The van der Waals surface area contributed by atoms with Gasteiger partial charge < -0.3 is 4.57 Å². The fraction of sp³-hybridized carbons (Fsp3) is 0.444. The zero-order valence-electron chi connectivity index (χ0n) is 9.20. The standard InChI is InChI=1S/C9H10Br2N4O2/c1-4(10)3-15-5-6(12-8(15)11)14(2)9(17)13-7(5)16/h4H,3H2,1-2H3,(H,13,16,17)/t4-/m1/s1. The summed E-state index contributed by atoms with van der Waals surface area (Å²) in [7, 11) is 1.57. The molecule has 1 atom stereocenters. The largest absolute Gasteiger partial charge is 0.329 e. The van der Waals surface area contributed by atoms with Gasteiger partial charge in [-0.3, -0.25) is 14.3 Å². The van der Waals surface area contributed by atoms with Crippen molar-refractivity contribution in [3.63, 3.8) is 0 Å². The van der Waals surface area contributed by atoms with Crippen LogP contribution in [0.1, 0.15) is 6.92 Å². The molecule has 0 saturated carbocycles. The molecule has 2 aromatic heterocycles. The lowest BCUT2D eigenvalue weighted by atomic mass is 10.4. The van der Waals surface area contributed by atoms with Crippen molar-refractivity contribution in [3.05, 3.63) is 25.6 Å². The summed E-state index contributed by atoms with van der Waals surface area (Å²) in [5, 5.41) is 0. The number of hydrogen-bond acceptors (Lipinski definition) is 3. The topological polar surface area (TPSA) is 72.7 Å². The molecule has 1 N–H and O–H groups in total. The summed E-state index contributed by atoms with van der Waals surface area (Å²) in [6, 6.07) is 0. The number of imidazole rings is 1. The van der Waals surface area contributed by atoms with Crippen LogP contribution in [0.25, 0.3) is 11.2 Å². The number of hydrogen-bond donors (Lipinski definition) is 1. The number of rotatable bonds is 2. The quantitative estimate of drug-likeness (QED) is 0.636. The van der Waals surface area contributed by atoms with Crippen LogP contribution in [0.15, 0.2) is 14.3 Å². The number of H-pyrrole nitrogens is 1. The highest BCUT2D eigenvalue weighted by Gasteiger charge is 2.16. The third-order valence-electron chi connectivity index (χ3n) is 2.39. The van der Waals surface area contributed by atoms with Crippen molar-refractivity contribution in [2.24, 2.45) is 7.05 Å². The molecule has 0 saturated heterocycles. The van der Waals surface area contributed by atoms with Crippen molar-refractivity contribution in [1.29, 1.82) is 0 Å². The van der Waals surface area contributed by atoms with Crippen LogP contribution >= 0.6 is 31.9 Å². The van der Waals surface area contributed by atoms with Gasteiger partial charge in [-0.2, -0.15) is 0 Å². The van der Waals surface area contributed by atoms with Crippen molar-refractivity contribution >= 4 is 43.0 Å². The third-order valence-corrected chi connectivity index (χ3v) is 3.29. The monoisotopic (exact) mass is 364 g/mol. The highest BCUT2D eigenvalue weighted by molar-refractivity contribution is 9.10. The predicted molar refractivity (Wildman–Crippen MR) is 71.7 cm³/mol. The van der Waals surface area contributed by atoms with Gasteiger partial charge in [0, 0.05) is 18.4 Å². The van der Waals surface area contributed by atoms with Crippen LogP contribution in [0.2, 0.25) is 0 Å². The maximum absolute atomic E-state index is 11.8. The van der Waals surface area contributed by atoms with Gasteiger partial charge in [0.1, 0.15) is 0 Å². The highest BCUT2D eigenvalue weighted by atomic mass is 79.9. The van der Waals surface area contributed by atoms with Crippen LogP contribution < -0.4 is 11.2 Å². The first-order valence-corrected chi connectivity index (χ1v) is 6.61. The lowest BCUT2D eigenvalue weighted by Crippen LogP contribution is -2.29. The second-order valence-electron chi connectivity index (χ2n) is 3.76. The van der Waals surface area contributed by atoms with Crippen molar-refractivity contribution < 1.29 is 0 Å². The molecule has 92 valence electrons. The van der Waals surface area contributed by atoms with Crippen LogP contribution in [0.3, 0.4) is 0 Å². The van der Waals surface area contributed by atoms with Gasteiger partial charge in [0.15, 0.2) is 15.9 Å². The molecule has 0 aliphatic rings. The summed E-state index contributed by atoms with van der Waals surface area (Å²) in [4.78, 5) is 29.9. The lowest BCUT2D eigenvalue weighted by molar-refractivity contribution is 0.698. The maximum atomic E-state index is 11.8. The van der Waals surface area contributed by atoms with Crippen molar-refractivity contribution in [3.8, 4) is 0 Å². The molecule has 2 heterocycles. The molecule has 6 nitrogen and oxygen atoms in total. The Kier molecular flexibility index (Phi) is 3.26. The summed E-state index contributed by atoms with van der Waals surface area (Å²) in [6.07, 6.45) is 0. The van der Waals surface area contributed by atoms with Gasteiger partial charge in [-0.25, -0.2) is 9.78 Å². The molecule has 0 spiro atoms. The van der Waals surface area contributed by atoms with Gasteiger partial charge in [0.2, 0.25) is 0 Å². The van der Waals surface area contributed by atoms with E-state index in [4.69, 9.17) is 0 Å². The number of fused-ring (bicyclic) bond motifs is 1. The fourth-order valence-electron chi connectivity index (χ4n) is 1.63. The molecule has 8 heteroatoms. The van der Waals surface area contributed by atoms with E-state index in [2.05, 4.69) is 41.8 Å². The molecule has 0 amide bonds. The van der Waals surface area contributed by atoms with Crippen molar-refractivity contribution in [2.75, 3.05) is 0 Å². The second kappa shape index (κ2) is 4.41. The lowest BCUT2D eigenvalue weighted by Gasteiger charge is -2.06. The summed E-state index contributed by atoms with van der Waals surface area (Å²) in [6.45, 7) is 2.55. The number of alkyl halides is 1.